The molecule has 3 nitrogen and oxygen atoms in total. The van der Waals surface area contributed by atoms with Crippen LogP contribution in [-0.4, -0.2) is 16.6 Å². The Balaban J connectivity index is 2.86. The summed E-state index contributed by atoms with van der Waals surface area (Å²) in [4.78, 5) is 11.6. The van der Waals surface area contributed by atoms with Gasteiger partial charge in [-0.05, 0) is 24.1 Å². The Bertz CT molecular complexity index is 487. The highest BCUT2D eigenvalue weighted by Gasteiger charge is 2.38. The lowest BCUT2D eigenvalue weighted by Crippen LogP contribution is -2.24. The van der Waals surface area contributed by atoms with Gasteiger partial charge in [0, 0.05) is 0 Å². The molecule has 0 aliphatic heterocycles. The zero-order valence-electron chi connectivity index (χ0n) is 11.0. The Morgan fingerprint density at radius 1 is 1.24 bits per heavy atom. The third kappa shape index (κ3) is 6.29. The molecule has 0 fully saturated rings. The SMILES string of the molecule is CCCCOC(=O)OC(c1ccc(Cl)c(Cl)c1)C(Cl)(Cl)Cl. The number of carbonyl (C=O) groups excluding carboxylic acids is 1. The van der Waals surface area contributed by atoms with Gasteiger partial charge in [0.1, 0.15) is 0 Å². The van der Waals surface area contributed by atoms with Crippen molar-refractivity contribution in [3.05, 3.63) is 33.8 Å². The lowest BCUT2D eigenvalue weighted by Gasteiger charge is -2.24. The Kier molecular flexibility index (Phi) is 7.72. The first-order valence-electron chi connectivity index (χ1n) is 6.10. The number of rotatable bonds is 5. The topological polar surface area (TPSA) is 35.5 Å². The highest BCUT2D eigenvalue weighted by atomic mass is 35.6. The lowest BCUT2D eigenvalue weighted by atomic mass is 10.1. The molecule has 1 aromatic carbocycles. The van der Waals surface area contributed by atoms with Crippen LogP contribution in [0.15, 0.2) is 18.2 Å². The van der Waals surface area contributed by atoms with Gasteiger partial charge in [-0.3, -0.25) is 0 Å². The van der Waals surface area contributed by atoms with E-state index in [1.807, 2.05) is 6.92 Å². The molecule has 0 saturated carbocycles. The predicted octanol–water partition coefficient (Wildman–Crippen LogP) is 6.36. The number of benzene rings is 1. The minimum absolute atomic E-state index is 0.239. The molecule has 0 heterocycles. The first-order valence-corrected chi connectivity index (χ1v) is 7.99. The Morgan fingerprint density at radius 2 is 1.90 bits per heavy atom. The van der Waals surface area contributed by atoms with E-state index in [0.29, 0.717) is 10.6 Å². The van der Waals surface area contributed by atoms with Gasteiger partial charge in [-0.1, -0.05) is 77.4 Å². The highest BCUT2D eigenvalue weighted by molar-refractivity contribution is 6.68. The van der Waals surface area contributed by atoms with Gasteiger partial charge in [0.25, 0.3) is 0 Å². The fraction of sp³-hybridized carbons (Fsp3) is 0.462. The fourth-order valence-electron chi connectivity index (χ4n) is 1.43. The lowest BCUT2D eigenvalue weighted by molar-refractivity contribution is 0.0232. The van der Waals surface area contributed by atoms with E-state index in [4.69, 9.17) is 67.5 Å². The number of halogens is 5. The molecule has 8 heteroatoms. The second kappa shape index (κ2) is 8.54. The van der Waals surface area contributed by atoms with Crippen molar-refractivity contribution >= 4 is 64.2 Å². The van der Waals surface area contributed by atoms with Gasteiger partial charge in [-0.2, -0.15) is 0 Å². The van der Waals surface area contributed by atoms with Gasteiger partial charge in [0.2, 0.25) is 3.79 Å². The van der Waals surface area contributed by atoms with Crippen molar-refractivity contribution in [1.82, 2.24) is 0 Å². The molecule has 21 heavy (non-hydrogen) atoms. The standard InChI is InChI=1S/C13H13Cl5O3/c1-2-3-6-20-12(19)21-11(13(16,17)18)8-4-5-9(14)10(15)7-8/h4-5,7,11H,2-3,6H2,1H3. The summed E-state index contributed by atoms with van der Waals surface area (Å²) in [5, 5.41) is 0.602. The molecule has 0 bridgehead atoms. The van der Waals surface area contributed by atoms with Crippen molar-refractivity contribution in [3.63, 3.8) is 0 Å². The number of unbranched alkanes of at least 4 members (excludes halogenated alkanes) is 1. The summed E-state index contributed by atoms with van der Waals surface area (Å²) in [7, 11) is 0. The Morgan fingerprint density at radius 3 is 2.43 bits per heavy atom. The fourth-order valence-corrected chi connectivity index (χ4v) is 2.25. The monoisotopic (exact) mass is 392 g/mol. The van der Waals surface area contributed by atoms with Crippen LogP contribution in [0.4, 0.5) is 4.79 Å². The van der Waals surface area contributed by atoms with Crippen molar-refractivity contribution < 1.29 is 14.3 Å². The number of carbonyl (C=O) groups is 1. The van der Waals surface area contributed by atoms with Crippen molar-refractivity contribution in [1.29, 1.82) is 0 Å². The van der Waals surface area contributed by atoms with Gasteiger partial charge in [0.15, 0.2) is 6.10 Å². The van der Waals surface area contributed by atoms with Crippen LogP contribution >= 0.6 is 58.0 Å². The molecule has 1 unspecified atom stereocenters. The van der Waals surface area contributed by atoms with Crippen molar-refractivity contribution in [2.24, 2.45) is 0 Å². The molecule has 1 rings (SSSR count). The molecule has 118 valence electrons. The molecule has 0 aliphatic rings. The number of alkyl halides is 3. The largest absolute Gasteiger partial charge is 0.509 e. The zero-order chi connectivity index (χ0) is 16.0. The number of hydrogen-bond acceptors (Lipinski definition) is 3. The quantitative estimate of drug-likeness (QED) is 0.331. The van der Waals surface area contributed by atoms with Gasteiger partial charge < -0.3 is 9.47 Å². The van der Waals surface area contributed by atoms with Gasteiger partial charge in [-0.25, -0.2) is 4.79 Å². The second-order valence-electron chi connectivity index (χ2n) is 4.17. The summed E-state index contributed by atoms with van der Waals surface area (Å²) < 4.78 is 8.10. The first-order chi connectivity index (χ1) is 9.75. The smallest absolute Gasteiger partial charge is 0.434 e. The molecular formula is C13H13Cl5O3. The average molecular weight is 395 g/mol. The molecule has 0 aliphatic carbocycles. The van der Waals surface area contributed by atoms with Crippen LogP contribution < -0.4 is 0 Å². The maximum atomic E-state index is 11.6. The van der Waals surface area contributed by atoms with Crippen LogP contribution in [0.25, 0.3) is 0 Å². The van der Waals surface area contributed by atoms with Crippen LogP contribution in [0.2, 0.25) is 10.0 Å². The molecule has 0 spiro atoms. The van der Waals surface area contributed by atoms with Gasteiger partial charge >= 0.3 is 6.16 Å². The van der Waals surface area contributed by atoms with Crippen LogP contribution in [-0.2, 0) is 9.47 Å². The van der Waals surface area contributed by atoms with Crippen LogP contribution in [0.1, 0.15) is 31.4 Å². The molecule has 0 N–H and O–H groups in total. The molecule has 0 aromatic heterocycles. The highest BCUT2D eigenvalue weighted by Crippen LogP contribution is 2.43. The third-order valence-electron chi connectivity index (χ3n) is 2.48. The minimum atomic E-state index is -1.87. The molecule has 1 atom stereocenters. The maximum Gasteiger partial charge on any atom is 0.509 e. The van der Waals surface area contributed by atoms with E-state index in [9.17, 15) is 4.79 Å². The van der Waals surface area contributed by atoms with E-state index >= 15 is 0 Å². The molecule has 0 amide bonds. The van der Waals surface area contributed by atoms with E-state index in [1.165, 1.54) is 12.1 Å². The van der Waals surface area contributed by atoms with Crippen molar-refractivity contribution in [2.45, 2.75) is 29.7 Å². The average Bonchev–Trinajstić information content (AvgIpc) is 2.38. The predicted molar refractivity (Wildman–Crippen MR) is 86.8 cm³/mol. The normalized spacial score (nSPS) is 12.9. The zero-order valence-corrected chi connectivity index (χ0v) is 14.8. The van der Waals surface area contributed by atoms with Gasteiger partial charge in [-0.15, -0.1) is 0 Å². The number of ether oxygens (including phenoxy) is 2. The summed E-state index contributed by atoms with van der Waals surface area (Å²) in [5.74, 6) is 0. The molecule has 1 aromatic rings. The minimum Gasteiger partial charge on any atom is -0.434 e. The molecule has 0 radical (unpaired) electrons. The summed E-state index contributed by atoms with van der Waals surface area (Å²) in [5.41, 5.74) is 0.400. The Labute approximate surface area is 148 Å². The van der Waals surface area contributed by atoms with E-state index < -0.39 is 16.1 Å². The van der Waals surface area contributed by atoms with E-state index in [1.54, 1.807) is 6.07 Å². The second-order valence-corrected chi connectivity index (χ2v) is 7.35. The van der Waals surface area contributed by atoms with Crippen LogP contribution in [0.5, 0.6) is 0 Å². The maximum absolute atomic E-state index is 11.6. The van der Waals surface area contributed by atoms with Crippen molar-refractivity contribution in [3.8, 4) is 0 Å². The summed E-state index contributed by atoms with van der Waals surface area (Å²) in [6, 6.07) is 4.55. The van der Waals surface area contributed by atoms with Crippen LogP contribution in [0.3, 0.4) is 0 Å². The van der Waals surface area contributed by atoms with E-state index in [0.717, 1.165) is 12.8 Å². The third-order valence-corrected chi connectivity index (χ3v) is 3.81. The Hall–Kier alpha value is -0.0600. The summed E-state index contributed by atoms with van der Waals surface area (Å²) >= 11 is 29.3. The number of hydrogen-bond donors (Lipinski definition) is 0. The van der Waals surface area contributed by atoms with Crippen LogP contribution in [0, 0.1) is 0 Å². The van der Waals surface area contributed by atoms with E-state index in [-0.39, 0.29) is 11.6 Å². The first kappa shape index (κ1) is 19.0. The summed E-state index contributed by atoms with van der Waals surface area (Å²) in [6.07, 6.45) is -0.467. The van der Waals surface area contributed by atoms with Crippen molar-refractivity contribution in [2.75, 3.05) is 6.61 Å². The van der Waals surface area contributed by atoms with E-state index in [2.05, 4.69) is 0 Å². The molecule has 0 saturated heterocycles. The summed E-state index contributed by atoms with van der Waals surface area (Å²) in [6.45, 7) is 2.21. The molecular weight excluding hydrogens is 381 g/mol. The van der Waals surface area contributed by atoms with Gasteiger partial charge in [0.05, 0.1) is 16.7 Å².